The fourth-order valence-corrected chi connectivity index (χ4v) is 4.20. The van der Waals surface area contributed by atoms with Gasteiger partial charge in [-0.1, -0.05) is 35.4 Å². The van der Waals surface area contributed by atoms with Crippen molar-refractivity contribution in [2.45, 2.75) is 20.3 Å². The summed E-state index contributed by atoms with van der Waals surface area (Å²) in [6, 6.07) is 10.2. The molecule has 1 saturated heterocycles. The molecule has 1 atom stereocenters. The first-order valence-electron chi connectivity index (χ1n) is 9.00. The van der Waals surface area contributed by atoms with Gasteiger partial charge < -0.3 is 4.90 Å². The molecule has 2 aliphatic rings. The van der Waals surface area contributed by atoms with Gasteiger partial charge in [0.05, 0.1) is 5.69 Å². The van der Waals surface area contributed by atoms with Crippen LogP contribution in [0.15, 0.2) is 36.4 Å². The minimum atomic E-state index is -1.37. The highest BCUT2D eigenvalue weighted by atomic mass is 35.5. The van der Waals surface area contributed by atoms with E-state index in [-0.39, 0.29) is 13.0 Å². The van der Waals surface area contributed by atoms with Gasteiger partial charge in [0.15, 0.2) is 5.41 Å². The van der Waals surface area contributed by atoms with E-state index in [9.17, 15) is 14.4 Å². The zero-order chi connectivity index (χ0) is 20.2. The van der Waals surface area contributed by atoms with Crippen LogP contribution in [-0.2, 0) is 16.0 Å². The van der Waals surface area contributed by atoms with Crippen LogP contribution >= 0.6 is 11.6 Å². The highest BCUT2D eigenvalue weighted by Gasteiger charge is 2.56. The Kier molecular flexibility index (Phi) is 4.19. The molecule has 144 valence electrons. The third-order valence-electron chi connectivity index (χ3n) is 5.53. The number of barbiturate groups is 1. The second kappa shape index (κ2) is 6.34. The molecule has 0 saturated carbocycles. The summed E-state index contributed by atoms with van der Waals surface area (Å²) in [6.07, 6.45) is 0.238. The Morgan fingerprint density at radius 2 is 1.82 bits per heavy atom. The van der Waals surface area contributed by atoms with Crippen LogP contribution < -0.4 is 15.1 Å². The van der Waals surface area contributed by atoms with Gasteiger partial charge in [0, 0.05) is 24.3 Å². The van der Waals surface area contributed by atoms with E-state index in [1.165, 1.54) is 0 Å². The number of nitrogens with zero attached hydrogens (tertiary/aromatic N) is 2. The summed E-state index contributed by atoms with van der Waals surface area (Å²) in [5.74, 6) is -1.09. The van der Waals surface area contributed by atoms with Crippen molar-refractivity contribution in [1.82, 2.24) is 5.32 Å². The maximum atomic E-state index is 13.5. The van der Waals surface area contributed by atoms with Crippen LogP contribution in [-0.4, -0.2) is 31.4 Å². The van der Waals surface area contributed by atoms with Crippen LogP contribution in [0.3, 0.4) is 0 Å². The molecule has 4 rings (SSSR count). The lowest BCUT2D eigenvalue weighted by Gasteiger charge is -2.45. The smallest absolute Gasteiger partial charge is 0.335 e. The number of benzene rings is 2. The number of halogens is 1. The highest BCUT2D eigenvalue weighted by Crippen LogP contribution is 2.40. The lowest BCUT2D eigenvalue weighted by Crippen LogP contribution is -2.68. The second-order valence-corrected chi connectivity index (χ2v) is 7.99. The number of carbonyl (C=O) groups excluding carboxylic acids is 3. The van der Waals surface area contributed by atoms with E-state index in [4.69, 9.17) is 11.6 Å². The molecule has 6 nitrogen and oxygen atoms in total. The van der Waals surface area contributed by atoms with Crippen molar-refractivity contribution in [3.05, 3.63) is 58.1 Å². The summed E-state index contributed by atoms with van der Waals surface area (Å²) in [5.41, 5.74) is 2.75. The summed E-state index contributed by atoms with van der Waals surface area (Å²) in [4.78, 5) is 41.9. The number of carbonyl (C=O) groups is 3. The fraction of sp³-hybridized carbons (Fsp3) is 0.286. The molecule has 1 N–H and O–H groups in total. The number of fused-ring (bicyclic) bond motifs is 1. The lowest BCUT2D eigenvalue weighted by atomic mass is 9.74. The molecule has 1 fully saturated rings. The van der Waals surface area contributed by atoms with Crippen LogP contribution in [0.25, 0.3) is 0 Å². The SMILES string of the molecule is Cc1ccc2c(c1)C[C@]1(CN2C)C(=O)NC(=O)N(c2ccc(C)c(Cl)c2)C1=O. The van der Waals surface area contributed by atoms with Crippen molar-refractivity contribution in [2.24, 2.45) is 5.41 Å². The third-order valence-corrected chi connectivity index (χ3v) is 5.94. The van der Waals surface area contributed by atoms with Gasteiger partial charge in [-0.05, 0) is 49.6 Å². The molecule has 2 aromatic carbocycles. The Balaban J connectivity index is 1.81. The summed E-state index contributed by atoms with van der Waals surface area (Å²) >= 11 is 6.20. The first kappa shape index (κ1) is 18.5. The average Bonchev–Trinajstić information content (AvgIpc) is 2.63. The molecule has 0 bridgehead atoms. The second-order valence-electron chi connectivity index (χ2n) is 7.58. The number of hydrogen-bond donors (Lipinski definition) is 1. The Morgan fingerprint density at radius 1 is 1.07 bits per heavy atom. The van der Waals surface area contributed by atoms with Crippen molar-refractivity contribution in [3.8, 4) is 0 Å². The van der Waals surface area contributed by atoms with Crippen molar-refractivity contribution < 1.29 is 14.4 Å². The van der Waals surface area contributed by atoms with Gasteiger partial charge in [-0.25, -0.2) is 9.69 Å². The van der Waals surface area contributed by atoms with Gasteiger partial charge >= 0.3 is 6.03 Å². The van der Waals surface area contributed by atoms with E-state index in [1.807, 2.05) is 44.0 Å². The van der Waals surface area contributed by atoms with Gasteiger partial charge in [0.2, 0.25) is 5.91 Å². The molecule has 7 heteroatoms. The summed E-state index contributed by atoms with van der Waals surface area (Å²) in [7, 11) is 1.85. The average molecular weight is 398 g/mol. The molecule has 2 aliphatic heterocycles. The van der Waals surface area contributed by atoms with E-state index in [1.54, 1.807) is 18.2 Å². The van der Waals surface area contributed by atoms with Gasteiger partial charge in [0.1, 0.15) is 0 Å². The molecule has 2 aromatic rings. The normalized spacial score (nSPS) is 21.8. The number of nitrogens with one attached hydrogen (secondary N) is 1. The van der Waals surface area contributed by atoms with E-state index < -0.39 is 23.3 Å². The predicted molar refractivity (Wildman–Crippen MR) is 108 cm³/mol. The molecule has 1 spiro atoms. The Hall–Kier alpha value is -2.86. The zero-order valence-electron chi connectivity index (χ0n) is 15.9. The standard InChI is InChI=1S/C21H20ClN3O3/c1-12-4-7-17-14(8-12)10-21(11-24(17)3)18(26)23-20(28)25(19(21)27)15-6-5-13(2)16(22)9-15/h4-9H,10-11H2,1-3H3,(H,23,26,28)/t21-/m0/s1. The van der Waals surface area contributed by atoms with Gasteiger partial charge in [-0.3, -0.25) is 14.9 Å². The van der Waals surface area contributed by atoms with E-state index in [0.717, 1.165) is 27.3 Å². The summed E-state index contributed by atoms with van der Waals surface area (Å²) < 4.78 is 0. The largest absolute Gasteiger partial charge is 0.373 e. The quantitative estimate of drug-likeness (QED) is 0.750. The number of amides is 4. The minimum absolute atomic E-state index is 0.192. The third kappa shape index (κ3) is 2.67. The molecular weight excluding hydrogens is 378 g/mol. The molecule has 0 unspecified atom stereocenters. The highest BCUT2D eigenvalue weighted by molar-refractivity contribution is 6.33. The van der Waals surface area contributed by atoms with Crippen LogP contribution in [0, 0.1) is 19.3 Å². The number of imide groups is 2. The maximum Gasteiger partial charge on any atom is 0.335 e. The first-order chi connectivity index (χ1) is 13.2. The molecule has 28 heavy (non-hydrogen) atoms. The number of urea groups is 1. The van der Waals surface area contributed by atoms with E-state index in [0.29, 0.717) is 10.7 Å². The van der Waals surface area contributed by atoms with Crippen LogP contribution in [0.2, 0.25) is 5.02 Å². The van der Waals surface area contributed by atoms with Crippen molar-refractivity contribution in [3.63, 3.8) is 0 Å². The van der Waals surface area contributed by atoms with E-state index in [2.05, 4.69) is 5.32 Å². The number of rotatable bonds is 1. The topological polar surface area (TPSA) is 69.7 Å². The lowest BCUT2D eigenvalue weighted by molar-refractivity contribution is -0.142. The molecule has 0 aliphatic carbocycles. The monoisotopic (exact) mass is 397 g/mol. The van der Waals surface area contributed by atoms with Crippen molar-refractivity contribution >= 4 is 40.8 Å². The number of hydrogen-bond acceptors (Lipinski definition) is 4. The molecule has 0 radical (unpaired) electrons. The Bertz CT molecular complexity index is 1040. The molecule has 0 aromatic heterocycles. The molecule has 4 amide bonds. The van der Waals surface area contributed by atoms with Gasteiger partial charge in [0.25, 0.3) is 5.91 Å². The minimum Gasteiger partial charge on any atom is -0.373 e. The van der Waals surface area contributed by atoms with Crippen molar-refractivity contribution in [1.29, 1.82) is 0 Å². The predicted octanol–water partition coefficient (Wildman–Crippen LogP) is 3.22. The summed E-state index contributed by atoms with van der Waals surface area (Å²) in [5, 5.41) is 2.83. The first-order valence-corrected chi connectivity index (χ1v) is 9.37. The van der Waals surface area contributed by atoms with E-state index >= 15 is 0 Å². The maximum absolute atomic E-state index is 13.5. The Morgan fingerprint density at radius 3 is 2.54 bits per heavy atom. The van der Waals surface area contributed by atoms with Crippen LogP contribution in [0.1, 0.15) is 16.7 Å². The fourth-order valence-electron chi connectivity index (χ4n) is 4.03. The number of aryl methyl sites for hydroxylation is 2. The van der Waals surface area contributed by atoms with Gasteiger partial charge in [-0.2, -0.15) is 0 Å². The molecular formula is C21H20ClN3O3. The Labute approximate surface area is 168 Å². The van der Waals surface area contributed by atoms with Crippen molar-refractivity contribution in [2.75, 3.05) is 23.4 Å². The zero-order valence-corrected chi connectivity index (χ0v) is 16.6. The summed E-state index contributed by atoms with van der Waals surface area (Å²) in [6.45, 7) is 4.00. The number of anilines is 2. The molecule has 2 heterocycles. The van der Waals surface area contributed by atoms with Crippen LogP contribution in [0.5, 0.6) is 0 Å². The van der Waals surface area contributed by atoms with Crippen LogP contribution in [0.4, 0.5) is 16.2 Å². The van der Waals surface area contributed by atoms with Gasteiger partial charge in [-0.15, -0.1) is 0 Å².